The number of carbonyl (C=O) groups is 1. The normalized spacial score (nSPS) is 27.3. The van der Waals surface area contributed by atoms with Crippen LogP contribution in [-0.2, 0) is 4.57 Å². The highest BCUT2D eigenvalue weighted by molar-refractivity contribution is 7.55. The Morgan fingerprint density at radius 3 is 2.60 bits per heavy atom. The van der Waals surface area contributed by atoms with Crippen molar-refractivity contribution in [3.05, 3.63) is 35.4 Å². The molecule has 1 aromatic rings. The minimum absolute atomic E-state index is 0.269. The van der Waals surface area contributed by atoms with Crippen molar-refractivity contribution in [3.63, 3.8) is 0 Å². The van der Waals surface area contributed by atoms with Gasteiger partial charge in [0.2, 0.25) is 0 Å². The number of rotatable bonds is 3. The molecule has 1 aromatic carbocycles. The van der Waals surface area contributed by atoms with Crippen LogP contribution >= 0.6 is 7.60 Å². The summed E-state index contributed by atoms with van der Waals surface area (Å²) in [6.07, 6.45) is 2.56. The van der Waals surface area contributed by atoms with E-state index in [1.165, 1.54) is 0 Å². The van der Waals surface area contributed by atoms with Gasteiger partial charge in [-0.3, -0.25) is 9.36 Å². The highest BCUT2D eigenvalue weighted by Gasteiger charge is 2.57. The average molecular weight is 296 g/mol. The van der Waals surface area contributed by atoms with E-state index in [-0.39, 0.29) is 12.3 Å². The summed E-state index contributed by atoms with van der Waals surface area (Å²) < 4.78 is 12.1. The largest absolute Gasteiger partial charge is 0.339 e. The van der Waals surface area contributed by atoms with Crippen LogP contribution in [0.4, 0.5) is 0 Å². The SMILES string of the molecule is Cc1cccc(C(=O)C2(P(=O)(O)O)CCCCC2C)c1. The molecule has 0 radical (unpaired) electrons. The fourth-order valence-electron chi connectivity index (χ4n) is 3.27. The molecule has 0 heterocycles. The van der Waals surface area contributed by atoms with E-state index in [0.717, 1.165) is 12.0 Å². The first-order valence-electron chi connectivity index (χ1n) is 6.96. The standard InChI is InChI=1S/C15H21O4P/c1-11-6-5-8-13(10-11)14(16)15(20(17,18)19)9-4-3-7-12(15)2/h5-6,8,10,12H,3-4,7,9H2,1-2H3,(H2,17,18,19). The van der Waals surface area contributed by atoms with E-state index in [9.17, 15) is 19.1 Å². The summed E-state index contributed by atoms with van der Waals surface area (Å²) in [7, 11) is -4.51. The lowest BCUT2D eigenvalue weighted by Gasteiger charge is -2.41. The maximum absolute atomic E-state index is 12.8. The monoisotopic (exact) mass is 296 g/mol. The highest BCUT2D eigenvalue weighted by Crippen LogP contribution is 2.61. The van der Waals surface area contributed by atoms with Crippen molar-refractivity contribution in [3.8, 4) is 0 Å². The first-order valence-corrected chi connectivity index (χ1v) is 8.57. The highest BCUT2D eigenvalue weighted by atomic mass is 31.2. The summed E-state index contributed by atoms with van der Waals surface area (Å²) in [5, 5.41) is -1.54. The van der Waals surface area contributed by atoms with Crippen molar-refractivity contribution in [2.45, 2.75) is 44.7 Å². The van der Waals surface area contributed by atoms with Crippen molar-refractivity contribution < 1.29 is 19.1 Å². The summed E-state index contributed by atoms with van der Waals surface area (Å²) in [5.41, 5.74) is 1.32. The second kappa shape index (κ2) is 5.44. The summed E-state index contributed by atoms with van der Waals surface area (Å²) >= 11 is 0. The van der Waals surface area contributed by atoms with E-state index in [0.29, 0.717) is 18.4 Å². The Morgan fingerprint density at radius 2 is 2.05 bits per heavy atom. The van der Waals surface area contributed by atoms with Crippen LogP contribution < -0.4 is 0 Å². The molecule has 0 amide bonds. The molecule has 1 saturated carbocycles. The fraction of sp³-hybridized carbons (Fsp3) is 0.533. The molecule has 0 spiro atoms. The minimum Gasteiger partial charge on any atom is -0.324 e. The van der Waals surface area contributed by atoms with Crippen molar-refractivity contribution in [2.24, 2.45) is 5.92 Å². The van der Waals surface area contributed by atoms with E-state index >= 15 is 0 Å². The predicted molar refractivity (Wildman–Crippen MR) is 77.9 cm³/mol. The Kier molecular flexibility index (Phi) is 4.19. The predicted octanol–water partition coefficient (Wildman–Crippen LogP) is 3.30. The molecule has 0 bridgehead atoms. The lowest BCUT2D eigenvalue weighted by atomic mass is 9.75. The molecular weight excluding hydrogens is 275 g/mol. The maximum Gasteiger partial charge on any atom is 0.339 e. The Labute approximate surface area is 119 Å². The Bertz CT molecular complexity index is 563. The van der Waals surface area contributed by atoms with Crippen LogP contribution in [0.25, 0.3) is 0 Å². The van der Waals surface area contributed by atoms with E-state index in [1.54, 1.807) is 25.1 Å². The van der Waals surface area contributed by atoms with Crippen molar-refractivity contribution >= 4 is 13.4 Å². The number of carbonyl (C=O) groups excluding carboxylic acids is 1. The van der Waals surface area contributed by atoms with E-state index in [4.69, 9.17) is 0 Å². The summed E-state index contributed by atoms with van der Waals surface area (Å²) in [5.74, 6) is -0.702. The molecule has 0 aromatic heterocycles. The molecule has 1 aliphatic rings. The summed E-state index contributed by atoms with van der Waals surface area (Å²) in [4.78, 5) is 32.5. The molecule has 0 saturated heterocycles. The van der Waals surface area contributed by atoms with Crippen LogP contribution in [0.1, 0.15) is 48.5 Å². The Balaban J connectivity index is 2.52. The third-order valence-electron chi connectivity index (χ3n) is 4.45. The third kappa shape index (κ3) is 2.48. The smallest absolute Gasteiger partial charge is 0.324 e. The van der Waals surface area contributed by atoms with Crippen LogP contribution in [0, 0.1) is 12.8 Å². The molecule has 2 rings (SSSR count). The number of Topliss-reactive ketones (excluding diaryl/α,β-unsaturated/α-hetero) is 1. The first-order chi connectivity index (χ1) is 9.29. The van der Waals surface area contributed by atoms with Gasteiger partial charge in [0.15, 0.2) is 5.78 Å². The number of hydrogen-bond acceptors (Lipinski definition) is 2. The molecule has 0 aliphatic heterocycles. The molecular formula is C15H21O4P. The Morgan fingerprint density at radius 1 is 1.35 bits per heavy atom. The van der Waals surface area contributed by atoms with E-state index < -0.39 is 18.5 Å². The van der Waals surface area contributed by atoms with Crippen molar-refractivity contribution in [1.82, 2.24) is 0 Å². The van der Waals surface area contributed by atoms with Gasteiger partial charge in [0.25, 0.3) is 0 Å². The van der Waals surface area contributed by atoms with Crippen LogP contribution in [0.3, 0.4) is 0 Å². The topological polar surface area (TPSA) is 74.6 Å². The first kappa shape index (κ1) is 15.4. The second-order valence-electron chi connectivity index (χ2n) is 5.81. The molecule has 4 nitrogen and oxygen atoms in total. The third-order valence-corrected chi connectivity index (χ3v) is 6.36. The van der Waals surface area contributed by atoms with Crippen LogP contribution in [0.2, 0.25) is 0 Å². The lowest BCUT2D eigenvalue weighted by molar-refractivity contribution is 0.0839. The van der Waals surface area contributed by atoms with Crippen LogP contribution in [0.5, 0.6) is 0 Å². The molecule has 1 fully saturated rings. The minimum atomic E-state index is -4.51. The van der Waals surface area contributed by atoms with Gasteiger partial charge in [-0.2, -0.15) is 0 Å². The number of ketones is 1. The molecule has 2 atom stereocenters. The summed E-state index contributed by atoms with van der Waals surface area (Å²) in [6, 6.07) is 6.98. The quantitative estimate of drug-likeness (QED) is 0.663. The van der Waals surface area contributed by atoms with Crippen LogP contribution in [-0.4, -0.2) is 20.7 Å². The molecule has 2 N–H and O–H groups in total. The zero-order valence-electron chi connectivity index (χ0n) is 11.9. The lowest BCUT2D eigenvalue weighted by Crippen LogP contribution is -2.46. The van der Waals surface area contributed by atoms with Gasteiger partial charge in [0.1, 0.15) is 5.16 Å². The van der Waals surface area contributed by atoms with Gasteiger partial charge in [0.05, 0.1) is 0 Å². The number of aryl methyl sites for hydroxylation is 1. The van der Waals surface area contributed by atoms with E-state index in [1.807, 2.05) is 13.0 Å². The Hall–Kier alpha value is -0.960. The molecule has 20 heavy (non-hydrogen) atoms. The van der Waals surface area contributed by atoms with Crippen molar-refractivity contribution in [2.75, 3.05) is 0 Å². The van der Waals surface area contributed by atoms with Gasteiger partial charge >= 0.3 is 7.60 Å². The second-order valence-corrected chi connectivity index (χ2v) is 7.70. The van der Waals surface area contributed by atoms with Gasteiger partial charge in [-0.05, 0) is 31.7 Å². The maximum atomic E-state index is 12.8. The van der Waals surface area contributed by atoms with Gasteiger partial charge in [-0.25, -0.2) is 0 Å². The number of hydrogen-bond donors (Lipinski definition) is 2. The van der Waals surface area contributed by atoms with Gasteiger partial charge in [0, 0.05) is 5.56 Å². The number of benzene rings is 1. The molecule has 5 heteroatoms. The van der Waals surface area contributed by atoms with Gasteiger partial charge < -0.3 is 9.79 Å². The van der Waals surface area contributed by atoms with Crippen molar-refractivity contribution in [1.29, 1.82) is 0 Å². The van der Waals surface area contributed by atoms with Crippen LogP contribution in [0.15, 0.2) is 24.3 Å². The molecule has 2 unspecified atom stereocenters. The average Bonchev–Trinajstić information content (AvgIpc) is 2.37. The molecule has 110 valence electrons. The molecule has 1 aliphatic carbocycles. The zero-order chi connectivity index (χ0) is 15.0. The van der Waals surface area contributed by atoms with Gasteiger partial charge in [-0.15, -0.1) is 0 Å². The zero-order valence-corrected chi connectivity index (χ0v) is 12.8. The summed E-state index contributed by atoms with van der Waals surface area (Å²) in [6.45, 7) is 3.65. The fourth-order valence-corrected chi connectivity index (χ4v) is 4.82. The van der Waals surface area contributed by atoms with E-state index in [2.05, 4.69) is 0 Å². The van der Waals surface area contributed by atoms with Gasteiger partial charge in [-0.1, -0.05) is 43.5 Å².